The van der Waals surface area contributed by atoms with Crippen molar-refractivity contribution in [2.45, 2.75) is 19.8 Å². The van der Waals surface area contributed by atoms with Gasteiger partial charge in [-0.3, -0.25) is 4.99 Å². The molecule has 0 amide bonds. The van der Waals surface area contributed by atoms with Crippen LogP contribution in [0.5, 0.6) is 0 Å². The van der Waals surface area contributed by atoms with Crippen molar-refractivity contribution in [3.05, 3.63) is 28.7 Å². The third-order valence-electron chi connectivity index (χ3n) is 5.28. The fourth-order valence-electron chi connectivity index (χ4n) is 3.93. The van der Waals surface area contributed by atoms with Crippen LogP contribution in [0, 0.1) is 11.8 Å². The summed E-state index contributed by atoms with van der Waals surface area (Å²) < 4.78 is 6.47. The molecule has 2 unspecified atom stereocenters. The van der Waals surface area contributed by atoms with Gasteiger partial charge >= 0.3 is 0 Å². The normalized spacial score (nSPS) is 22.9. The first-order valence-corrected chi connectivity index (χ1v) is 10.5. The zero-order valence-corrected chi connectivity index (χ0v) is 20.3. The predicted molar refractivity (Wildman–Crippen MR) is 127 cm³/mol. The Kier molecular flexibility index (Phi) is 9.65. The maximum Gasteiger partial charge on any atom is 0.193 e. The molecule has 2 aliphatic heterocycles. The van der Waals surface area contributed by atoms with Gasteiger partial charge in [0.25, 0.3) is 0 Å². The molecule has 0 radical (unpaired) electrons. The molecule has 7 heteroatoms. The minimum atomic E-state index is 0. The van der Waals surface area contributed by atoms with Gasteiger partial charge in [0.1, 0.15) is 0 Å². The maximum atomic E-state index is 5.32. The van der Waals surface area contributed by atoms with E-state index in [1.807, 2.05) is 0 Å². The van der Waals surface area contributed by atoms with E-state index in [0.717, 1.165) is 56.3 Å². The summed E-state index contributed by atoms with van der Waals surface area (Å²) in [4.78, 5) is 9.84. The molecule has 0 spiro atoms. The highest BCUT2D eigenvalue weighted by Gasteiger charge is 2.26. The molecule has 2 saturated heterocycles. The van der Waals surface area contributed by atoms with Crippen LogP contribution in [0.4, 0.5) is 5.69 Å². The van der Waals surface area contributed by atoms with Gasteiger partial charge in [0.2, 0.25) is 0 Å². The van der Waals surface area contributed by atoms with Crippen molar-refractivity contribution in [1.29, 1.82) is 0 Å². The maximum absolute atomic E-state index is 5.32. The molecule has 0 aliphatic carbocycles. The van der Waals surface area contributed by atoms with Gasteiger partial charge in [0, 0.05) is 62.5 Å². The van der Waals surface area contributed by atoms with Crippen molar-refractivity contribution < 1.29 is 4.74 Å². The Morgan fingerprint density at radius 2 is 2.07 bits per heavy atom. The Balaban J connectivity index is 0.00000261. The Labute approximate surface area is 189 Å². The lowest BCUT2D eigenvalue weighted by molar-refractivity contribution is 0.157. The Morgan fingerprint density at radius 1 is 1.26 bits per heavy atom. The molecule has 2 aliphatic rings. The summed E-state index contributed by atoms with van der Waals surface area (Å²) in [7, 11) is 1.79. The van der Waals surface area contributed by atoms with E-state index in [1.165, 1.54) is 18.5 Å². The Bertz CT molecular complexity index is 615. The first kappa shape index (κ1) is 22.7. The van der Waals surface area contributed by atoms with Gasteiger partial charge in [-0.2, -0.15) is 0 Å². The number of hydrogen-bond acceptors (Lipinski definition) is 3. The molecule has 0 saturated carbocycles. The van der Waals surface area contributed by atoms with Gasteiger partial charge in [-0.1, -0.05) is 22.0 Å². The Hall–Kier alpha value is -0.540. The van der Waals surface area contributed by atoms with Crippen LogP contribution < -0.4 is 10.2 Å². The van der Waals surface area contributed by atoms with Crippen LogP contribution in [-0.4, -0.2) is 63.8 Å². The summed E-state index contributed by atoms with van der Waals surface area (Å²) in [6, 6.07) is 8.59. The quantitative estimate of drug-likeness (QED) is 0.332. The summed E-state index contributed by atoms with van der Waals surface area (Å²) in [6.45, 7) is 9.14. The van der Waals surface area contributed by atoms with Crippen LogP contribution in [0.3, 0.4) is 0 Å². The summed E-state index contributed by atoms with van der Waals surface area (Å²) in [5.41, 5.74) is 1.31. The lowest BCUT2D eigenvalue weighted by Gasteiger charge is -2.22. The molecule has 5 nitrogen and oxygen atoms in total. The second-order valence-corrected chi connectivity index (χ2v) is 8.25. The van der Waals surface area contributed by atoms with Crippen molar-refractivity contribution in [3.8, 4) is 0 Å². The molecule has 1 aromatic rings. The van der Waals surface area contributed by atoms with Gasteiger partial charge < -0.3 is 19.9 Å². The topological polar surface area (TPSA) is 40.1 Å². The molecule has 1 N–H and O–H groups in total. The van der Waals surface area contributed by atoms with E-state index >= 15 is 0 Å². The second-order valence-electron chi connectivity index (χ2n) is 7.33. The van der Waals surface area contributed by atoms with Crippen molar-refractivity contribution in [3.63, 3.8) is 0 Å². The Morgan fingerprint density at radius 3 is 2.81 bits per heavy atom. The molecular formula is C20H32BrIN4O. The molecule has 3 rings (SSSR count). The molecule has 2 fully saturated rings. The monoisotopic (exact) mass is 550 g/mol. The molecule has 1 aromatic carbocycles. The van der Waals surface area contributed by atoms with Gasteiger partial charge in [-0.05, 0) is 43.9 Å². The minimum absolute atomic E-state index is 0. The standard InChI is InChI=1S/C20H31BrN4O.HI/c1-3-22-20(25-10-8-17(14-25)15-26-2)23-12-16-7-9-24(13-16)19-6-4-5-18(21)11-19;/h4-6,11,16-17H,3,7-10,12-15H2,1-2H3,(H,22,23);1H. The van der Waals surface area contributed by atoms with E-state index in [2.05, 4.69) is 62.2 Å². The van der Waals surface area contributed by atoms with Crippen molar-refractivity contribution in [2.24, 2.45) is 16.8 Å². The number of nitrogens with zero attached hydrogens (tertiary/aromatic N) is 3. The van der Waals surface area contributed by atoms with Crippen LogP contribution in [0.2, 0.25) is 0 Å². The lowest BCUT2D eigenvalue weighted by Crippen LogP contribution is -2.40. The molecule has 2 atom stereocenters. The number of guanidine groups is 1. The number of likely N-dealkylation sites (tertiary alicyclic amines) is 1. The highest BCUT2D eigenvalue weighted by molar-refractivity contribution is 14.0. The van der Waals surface area contributed by atoms with Crippen molar-refractivity contribution in [1.82, 2.24) is 10.2 Å². The minimum Gasteiger partial charge on any atom is -0.384 e. The zero-order valence-electron chi connectivity index (χ0n) is 16.4. The number of aliphatic imine (C=N–C) groups is 1. The van der Waals surface area contributed by atoms with E-state index < -0.39 is 0 Å². The number of halogens is 2. The molecule has 0 aromatic heterocycles. The number of rotatable bonds is 6. The summed E-state index contributed by atoms with van der Waals surface area (Å²) in [5.74, 6) is 2.33. The molecule has 27 heavy (non-hydrogen) atoms. The van der Waals surface area contributed by atoms with Gasteiger partial charge in [-0.25, -0.2) is 0 Å². The largest absolute Gasteiger partial charge is 0.384 e. The smallest absolute Gasteiger partial charge is 0.193 e. The van der Waals surface area contributed by atoms with Gasteiger partial charge in [-0.15, -0.1) is 24.0 Å². The average molecular weight is 551 g/mol. The van der Waals surface area contributed by atoms with E-state index in [-0.39, 0.29) is 24.0 Å². The highest BCUT2D eigenvalue weighted by atomic mass is 127. The summed E-state index contributed by atoms with van der Waals surface area (Å²) in [5, 5.41) is 3.48. The molecule has 0 bridgehead atoms. The van der Waals surface area contributed by atoms with Crippen LogP contribution in [0.1, 0.15) is 19.8 Å². The highest BCUT2D eigenvalue weighted by Crippen LogP contribution is 2.26. The molecule has 2 heterocycles. The van der Waals surface area contributed by atoms with Crippen molar-refractivity contribution in [2.75, 3.05) is 57.9 Å². The van der Waals surface area contributed by atoms with Crippen LogP contribution in [0.15, 0.2) is 33.7 Å². The fourth-order valence-corrected chi connectivity index (χ4v) is 4.31. The number of hydrogen-bond donors (Lipinski definition) is 1. The van der Waals surface area contributed by atoms with Gasteiger partial charge in [0.05, 0.1) is 6.61 Å². The van der Waals surface area contributed by atoms with Crippen LogP contribution in [-0.2, 0) is 4.74 Å². The fraction of sp³-hybridized carbons (Fsp3) is 0.650. The number of ether oxygens (including phenoxy) is 1. The van der Waals surface area contributed by atoms with Crippen LogP contribution in [0.25, 0.3) is 0 Å². The third-order valence-corrected chi connectivity index (χ3v) is 5.77. The third kappa shape index (κ3) is 6.49. The predicted octanol–water partition coefficient (Wildman–Crippen LogP) is 3.83. The zero-order chi connectivity index (χ0) is 18.4. The average Bonchev–Trinajstić information content (AvgIpc) is 3.29. The lowest BCUT2D eigenvalue weighted by atomic mass is 10.1. The SMILES string of the molecule is CCNC(=NCC1CCN(c2cccc(Br)c2)C1)N1CCC(COC)C1.I. The van der Waals surface area contributed by atoms with Crippen LogP contribution >= 0.6 is 39.9 Å². The van der Waals surface area contributed by atoms with E-state index in [9.17, 15) is 0 Å². The second kappa shape index (κ2) is 11.5. The van der Waals surface area contributed by atoms with E-state index in [1.54, 1.807) is 7.11 Å². The van der Waals surface area contributed by atoms with E-state index in [4.69, 9.17) is 9.73 Å². The summed E-state index contributed by atoms with van der Waals surface area (Å²) in [6.07, 6.45) is 2.40. The van der Waals surface area contributed by atoms with E-state index in [0.29, 0.717) is 11.8 Å². The number of nitrogens with one attached hydrogen (secondary N) is 1. The van der Waals surface area contributed by atoms with Gasteiger partial charge in [0.15, 0.2) is 5.96 Å². The first-order valence-electron chi connectivity index (χ1n) is 9.72. The number of methoxy groups -OCH3 is 1. The molecule has 152 valence electrons. The first-order chi connectivity index (χ1) is 12.7. The number of benzene rings is 1. The summed E-state index contributed by atoms with van der Waals surface area (Å²) >= 11 is 3.57. The van der Waals surface area contributed by atoms with Crippen molar-refractivity contribution >= 4 is 51.6 Å². The molecular weight excluding hydrogens is 519 g/mol. The number of anilines is 1.